The molecular weight excluding hydrogens is 422 g/mol. The first-order valence-corrected chi connectivity index (χ1v) is 11.2. The van der Waals surface area contributed by atoms with Crippen molar-refractivity contribution in [2.75, 3.05) is 0 Å². The zero-order chi connectivity index (χ0) is 23.9. The molecular formula is C24H30F2O6. The summed E-state index contributed by atoms with van der Waals surface area (Å²) >= 11 is 0. The quantitative estimate of drug-likeness (QED) is 0.637. The van der Waals surface area contributed by atoms with E-state index in [0.717, 1.165) is 6.08 Å². The van der Waals surface area contributed by atoms with Crippen LogP contribution in [0.2, 0.25) is 0 Å². The maximum atomic E-state index is 17.1. The fourth-order valence-corrected chi connectivity index (χ4v) is 7.49. The second-order valence-electron chi connectivity index (χ2n) is 10.4. The molecule has 8 heteroatoms. The molecule has 0 aromatic carbocycles. The van der Waals surface area contributed by atoms with Gasteiger partial charge in [-0.15, -0.1) is 0 Å². The highest BCUT2D eigenvalue weighted by molar-refractivity contribution is 6.01. The van der Waals surface area contributed by atoms with Crippen LogP contribution in [0.15, 0.2) is 23.8 Å². The van der Waals surface area contributed by atoms with E-state index in [2.05, 4.69) is 0 Å². The summed E-state index contributed by atoms with van der Waals surface area (Å²) in [6.07, 6.45) is 0.0529. The fourth-order valence-electron chi connectivity index (χ4n) is 7.49. The molecule has 3 saturated carbocycles. The number of ketones is 1. The number of aliphatic hydroxyl groups excluding tert-OH is 1. The summed E-state index contributed by atoms with van der Waals surface area (Å²) in [6, 6.07) is 0. The second kappa shape index (κ2) is 6.95. The number of esters is 1. The van der Waals surface area contributed by atoms with Gasteiger partial charge in [0.05, 0.1) is 6.10 Å². The average Bonchev–Trinajstić information content (AvgIpc) is 2.93. The number of rotatable bonds is 3. The molecule has 0 aromatic heterocycles. The SMILES string of the molecule is CCC(=O)O[C@]1(C(=O)O)C(C)CC2C3CC(F)C4=CC(=O)C=C[C@]4(C)[C@@]3(F)C(O)C[C@@]21C. The van der Waals surface area contributed by atoms with Gasteiger partial charge in [0.25, 0.3) is 0 Å². The molecule has 4 rings (SSSR count). The van der Waals surface area contributed by atoms with Gasteiger partial charge in [0.2, 0.25) is 5.60 Å². The van der Waals surface area contributed by atoms with Gasteiger partial charge in [0.1, 0.15) is 6.17 Å². The summed E-state index contributed by atoms with van der Waals surface area (Å²) in [6.45, 7) is 6.31. The highest BCUT2D eigenvalue weighted by atomic mass is 19.1. The van der Waals surface area contributed by atoms with E-state index < -0.39 is 69.9 Å². The first kappa shape index (κ1) is 23.1. The van der Waals surface area contributed by atoms with Gasteiger partial charge in [0, 0.05) is 29.1 Å². The molecule has 0 radical (unpaired) electrons. The van der Waals surface area contributed by atoms with Gasteiger partial charge < -0.3 is 14.9 Å². The van der Waals surface area contributed by atoms with Crippen molar-refractivity contribution in [3.63, 3.8) is 0 Å². The van der Waals surface area contributed by atoms with Crippen molar-refractivity contribution < 1.29 is 38.1 Å². The number of alkyl halides is 2. The molecule has 6 nitrogen and oxygen atoms in total. The minimum Gasteiger partial charge on any atom is -0.478 e. The van der Waals surface area contributed by atoms with Crippen LogP contribution in [0.4, 0.5) is 8.78 Å². The van der Waals surface area contributed by atoms with Crippen LogP contribution in [0.5, 0.6) is 0 Å². The molecule has 5 unspecified atom stereocenters. The van der Waals surface area contributed by atoms with Crippen molar-refractivity contribution in [3.8, 4) is 0 Å². The molecule has 32 heavy (non-hydrogen) atoms. The van der Waals surface area contributed by atoms with Gasteiger partial charge >= 0.3 is 11.9 Å². The Morgan fingerprint density at radius 2 is 1.91 bits per heavy atom. The Bertz CT molecular complexity index is 945. The number of carbonyl (C=O) groups excluding carboxylic acids is 2. The van der Waals surface area contributed by atoms with Crippen molar-refractivity contribution in [1.82, 2.24) is 0 Å². The average molecular weight is 452 g/mol. The molecule has 4 aliphatic rings. The number of carboxylic acid groups (broad SMARTS) is 1. The van der Waals surface area contributed by atoms with Gasteiger partial charge in [-0.1, -0.05) is 26.8 Å². The number of fused-ring (bicyclic) bond motifs is 5. The monoisotopic (exact) mass is 452 g/mol. The van der Waals surface area contributed by atoms with Crippen LogP contribution in [0, 0.1) is 28.6 Å². The Balaban J connectivity index is 1.87. The lowest BCUT2D eigenvalue weighted by molar-refractivity contribution is -0.237. The Morgan fingerprint density at radius 1 is 1.25 bits per heavy atom. The number of hydrogen-bond donors (Lipinski definition) is 2. The van der Waals surface area contributed by atoms with Crippen molar-refractivity contribution >= 4 is 17.7 Å². The van der Waals surface area contributed by atoms with Crippen molar-refractivity contribution in [2.24, 2.45) is 28.6 Å². The summed E-state index contributed by atoms with van der Waals surface area (Å²) in [5.41, 5.74) is -7.07. The number of halogens is 2. The summed E-state index contributed by atoms with van der Waals surface area (Å²) in [7, 11) is 0. The van der Waals surface area contributed by atoms with Crippen molar-refractivity contribution in [1.29, 1.82) is 0 Å². The predicted molar refractivity (Wildman–Crippen MR) is 110 cm³/mol. The molecule has 2 N–H and O–H groups in total. The smallest absolute Gasteiger partial charge is 0.349 e. The van der Waals surface area contributed by atoms with Crippen LogP contribution in [-0.4, -0.2) is 51.5 Å². The number of allylic oxidation sites excluding steroid dienone is 4. The van der Waals surface area contributed by atoms with Gasteiger partial charge in [0.15, 0.2) is 11.5 Å². The van der Waals surface area contributed by atoms with Gasteiger partial charge in [-0.25, -0.2) is 13.6 Å². The van der Waals surface area contributed by atoms with Crippen LogP contribution in [-0.2, 0) is 19.1 Å². The molecule has 3 fully saturated rings. The van der Waals surface area contributed by atoms with Crippen LogP contribution >= 0.6 is 0 Å². The maximum absolute atomic E-state index is 17.1. The van der Waals surface area contributed by atoms with E-state index in [1.54, 1.807) is 20.8 Å². The largest absolute Gasteiger partial charge is 0.478 e. The third-order valence-corrected chi connectivity index (χ3v) is 9.05. The van der Waals surface area contributed by atoms with Gasteiger partial charge in [-0.2, -0.15) is 0 Å². The third kappa shape index (κ3) is 2.50. The number of carboxylic acids is 1. The zero-order valence-electron chi connectivity index (χ0n) is 18.7. The lowest BCUT2D eigenvalue weighted by atomic mass is 9.44. The molecule has 0 aliphatic heterocycles. The summed E-state index contributed by atoms with van der Waals surface area (Å²) in [5, 5.41) is 21.5. The van der Waals surface area contributed by atoms with E-state index >= 15 is 8.78 Å². The Labute approximate surface area is 185 Å². The van der Waals surface area contributed by atoms with E-state index in [1.807, 2.05) is 0 Å². The Hall–Kier alpha value is -2.09. The minimum atomic E-state index is -2.30. The molecule has 0 saturated heterocycles. The summed E-state index contributed by atoms with van der Waals surface area (Å²) < 4.78 is 38.1. The number of carbonyl (C=O) groups is 3. The molecule has 0 bridgehead atoms. The minimum absolute atomic E-state index is 0.0133. The summed E-state index contributed by atoms with van der Waals surface area (Å²) in [5.74, 6) is -4.78. The first-order chi connectivity index (χ1) is 14.8. The topological polar surface area (TPSA) is 101 Å². The van der Waals surface area contributed by atoms with E-state index in [0.29, 0.717) is 0 Å². The van der Waals surface area contributed by atoms with E-state index in [1.165, 1.54) is 19.1 Å². The standard InChI is InChI=1S/C24H30F2O6/c1-5-19(29)32-24(20(30)31)12(2)8-14-15-10-17(25)16-9-13(27)6-7-21(16,3)23(15,26)18(28)11-22(14,24)4/h6-7,9,12,14-15,17-18,28H,5,8,10-11H2,1-4H3,(H,30,31)/t12?,14?,15?,17?,18?,21-,22-,23-,24-/m0/s1. The van der Waals surface area contributed by atoms with Crippen LogP contribution in [0.1, 0.15) is 53.4 Å². The van der Waals surface area contributed by atoms with E-state index in [-0.39, 0.29) is 31.3 Å². The highest BCUT2D eigenvalue weighted by Gasteiger charge is 2.78. The lowest BCUT2D eigenvalue weighted by Crippen LogP contribution is -2.71. The number of aliphatic carboxylic acids is 1. The van der Waals surface area contributed by atoms with Crippen LogP contribution < -0.4 is 0 Å². The molecule has 176 valence electrons. The molecule has 4 aliphatic carbocycles. The first-order valence-electron chi connectivity index (χ1n) is 11.2. The Morgan fingerprint density at radius 3 is 2.50 bits per heavy atom. The van der Waals surface area contributed by atoms with Crippen LogP contribution in [0.3, 0.4) is 0 Å². The molecule has 0 amide bonds. The van der Waals surface area contributed by atoms with Crippen molar-refractivity contribution in [3.05, 3.63) is 23.8 Å². The molecule has 9 atom stereocenters. The van der Waals surface area contributed by atoms with Crippen molar-refractivity contribution in [2.45, 2.75) is 76.9 Å². The molecule has 0 heterocycles. The predicted octanol–water partition coefficient (Wildman–Crippen LogP) is 3.33. The zero-order valence-corrected chi connectivity index (χ0v) is 18.7. The maximum Gasteiger partial charge on any atom is 0.349 e. The molecule has 0 spiro atoms. The van der Waals surface area contributed by atoms with Gasteiger partial charge in [-0.3, -0.25) is 9.59 Å². The molecule has 0 aromatic rings. The van der Waals surface area contributed by atoms with Gasteiger partial charge in [-0.05, 0) is 49.8 Å². The van der Waals surface area contributed by atoms with E-state index in [4.69, 9.17) is 4.74 Å². The van der Waals surface area contributed by atoms with E-state index in [9.17, 15) is 24.6 Å². The third-order valence-electron chi connectivity index (χ3n) is 9.05. The number of hydrogen-bond acceptors (Lipinski definition) is 5. The second-order valence-corrected chi connectivity index (χ2v) is 10.4. The Kier molecular flexibility index (Phi) is 5.02. The highest BCUT2D eigenvalue weighted by Crippen LogP contribution is 2.71. The fraction of sp³-hybridized carbons (Fsp3) is 0.708. The number of aliphatic hydroxyl groups is 1. The van der Waals surface area contributed by atoms with Crippen LogP contribution in [0.25, 0.3) is 0 Å². The lowest BCUT2D eigenvalue weighted by Gasteiger charge is -2.62. The normalized spacial score (nSPS) is 49.5. The summed E-state index contributed by atoms with van der Waals surface area (Å²) in [4.78, 5) is 36.7. The number of ether oxygens (including phenoxy) is 1.